The van der Waals surface area contributed by atoms with Crippen LogP contribution in [0.2, 0.25) is 0 Å². The molecule has 0 aliphatic rings. The van der Waals surface area contributed by atoms with Crippen LogP contribution >= 0.6 is 0 Å². The van der Waals surface area contributed by atoms with E-state index >= 15 is 0 Å². The first-order valence-electron chi connectivity index (χ1n) is 15.5. The molecule has 1 aromatic carbocycles. The topological polar surface area (TPSA) is 160 Å². The van der Waals surface area contributed by atoms with E-state index in [4.69, 9.17) is 15.2 Å². The Morgan fingerprint density at radius 2 is 1.28 bits per heavy atom. The summed E-state index contributed by atoms with van der Waals surface area (Å²) in [6, 6.07) is 1.28. The molecule has 0 saturated carbocycles. The van der Waals surface area contributed by atoms with Gasteiger partial charge in [-0.1, -0.05) is 76.7 Å². The van der Waals surface area contributed by atoms with Gasteiger partial charge in [-0.25, -0.2) is 13.6 Å². The number of rotatable bonds is 26. The lowest BCUT2D eigenvalue weighted by molar-refractivity contribution is -0.139. The van der Waals surface area contributed by atoms with Gasteiger partial charge >= 0.3 is 13.1 Å². The molecule has 0 fully saturated rings. The molecule has 0 bridgehead atoms. The van der Waals surface area contributed by atoms with E-state index in [1.807, 2.05) is 0 Å². The van der Waals surface area contributed by atoms with E-state index in [0.717, 1.165) is 69.9 Å². The van der Waals surface area contributed by atoms with Crippen molar-refractivity contribution in [1.29, 1.82) is 0 Å². The standard InChI is InChI=1S/C30H49BF2N4O6/c1-34-37-25(30(40)41)17-14-16-21-35-26(38)18-13-11-9-7-5-3-2-4-6-8-10-12-15-22-36-29(39)23-19-20-24(31(42)43)28(33)27(23)32/h19-20,25,37,42-43H,1-18,21-22H2,(H,35,38)(H,36,39)(H,40,41)/t25-/m0/s1. The van der Waals surface area contributed by atoms with E-state index < -0.39 is 47.7 Å². The van der Waals surface area contributed by atoms with E-state index in [9.17, 15) is 23.2 Å². The highest BCUT2D eigenvalue weighted by molar-refractivity contribution is 6.58. The van der Waals surface area contributed by atoms with Gasteiger partial charge in [0.25, 0.3) is 5.91 Å². The van der Waals surface area contributed by atoms with Gasteiger partial charge in [-0.05, 0) is 38.2 Å². The number of carbonyl (C=O) groups excluding carboxylic acids is 2. The lowest BCUT2D eigenvalue weighted by Gasteiger charge is -2.11. The van der Waals surface area contributed by atoms with E-state index in [0.29, 0.717) is 32.4 Å². The minimum absolute atomic E-state index is 0.0462. The van der Waals surface area contributed by atoms with Crippen LogP contribution in [0, 0.1) is 11.6 Å². The number of aliphatic carboxylic acids is 1. The number of benzene rings is 1. The van der Waals surface area contributed by atoms with Crippen LogP contribution in [0.15, 0.2) is 17.2 Å². The molecule has 242 valence electrons. The maximum Gasteiger partial charge on any atom is 0.491 e. The zero-order valence-corrected chi connectivity index (χ0v) is 25.2. The molecular formula is C30H49BF2N4O6. The maximum absolute atomic E-state index is 14.0. The predicted octanol–water partition coefficient (Wildman–Crippen LogP) is 3.78. The Balaban J connectivity index is 1.89. The number of amides is 2. The van der Waals surface area contributed by atoms with E-state index in [1.165, 1.54) is 32.1 Å². The van der Waals surface area contributed by atoms with Gasteiger partial charge in [-0.15, -0.1) is 0 Å². The van der Waals surface area contributed by atoms with Crippen LogP contribution < -0.4 is 21.5 Å². The number of unbranched alkanes of at least 4 members (excludes halogenated alkanes) is 13. The van der Waals surface area contributed by atoms with Crippen LogP contribution in [0.1, 0.15) is 120 Å². The SMILES string of the molecule is C=NN[C@@H](CCCCNC(=O)CCCCCCCCCCCCCCCNC(=O)c1ccc(B(O)O)c(F)c1F)C(=O)O. The molecule has 0 aromatic heterocycles. The Morgan fingerprint density at radius 1 is 0.767 bits per heavy atom. The molecule has 1 atom stereocenters. The summed E-state index contributed by atoms with van der Waals surface area (Å²) in [5, 5.41) is 35.9. The Bertz CT molecular complexity index is 986. The van der Waals surface area contributed by atoms with Crippen molar-refractivity contribution in [3.8, 4) is 0 Å². The molecule has 0 saturated heterocycles. The number of hydrogen-bond acceptors (Lipinski definition) is 7. The Morgan fingerprint density at radius 3 is 1.81 bits per heavy atom. The van der Waals surface area contributed by atoms with Crippen LogP contribution in [0.3, 0.4) is 0 Å². The molecule has 1 aromatic rings. The summed E-state index contributed by atoms with van der Waals surface area (Å²) in [6.45, 7) is 4.14. The second kappa shape index (κ2) is 23.4. The Hall–Kier alpha value is -3.06. The fourth-order valence-corrected chi connectivity index (χ4v) is 4.73. The molecule has 6 N–H and O–H groups in total. The summed E-state index contributed by atoms with van der Waals surface area (Å²) >= 11 is 0. The highest BCUT2D eigenvalue weighted by Crippen LogP contribution is 2.14. The average Bonchev–Trinajstić information content (AvgIpc) is 2.97. The van der Waals surface area contributed by atoms with Gasteiger partial charge in [-0.2, -0.15) is 5.10 Å². The van der Waals surface area contributed by atoms with Crippen molar-refractivity contribution in [3.63, 3.8) is 0 Å². The third kappa shape index (κ3) is 17.0. The number of carboxylic acids is 1. The maximum atomic E-state index is 14.0. The van der Waals surface area contributed by atoms with Gasteiger partial charge in [0.15, 0.2) is 11.6 Å². The monoisotopic (exact) mass is 610 g/mol. The minimum Gasteiger partial charge on any atom is -0.480 e. The number of hydrazone groups is 1. The number of carbonyl (C=O) groups is 3. The third-order valence-electron chi connectivity index (χ3n) is 7.29. The van der Waals surface area contributed by atoms with Crippen molar-refractivity contribution in [2.75, 3.05) is 13.1 Å². The van der Waals surface area contributed by atoms with Gasteiger partial charge in [0.2, 0.25) is 5.91 Å². The summed E-state index contributed by atoms with van der Waals surface area (Å²) < 4.78 is 27.8. The molecule has 0 heterocycles. The van der Waals surface area contributed by atoms with E-state index in [-0.39, 0.29) is 5.91 Å². The highest BCUT2D eigenvalue weighted by Gasteiger charge is 2.24. The van der Waals surface area contributed by atoms with E-state index in [1.54, 1.807) is 0 Å². The third-order valence-corrected chi connectivity index (χ3v) is 7.29. The van der Waals surface area contributed by atoms with Crippen molar-refractivity contribution in [1.82, 2.24) is 16.1 Å². The molecule has 0 radical (unpaired) electrons. The van der Waals surface area contributed by atoms with Crippen molar-refractivity contribution in [2.24, 2.45) is 5.10 Å². The van der Waals surface area contributed by atoms with Gasteiger partial charge in [-0.3, -0.25) is 15.0 Å². The van der Waals surface area contributed by atoms with Crippen molar-refractivity contribution >= 4 is 37.1 Å². The van der Waals surface area contributed by atoms with Crippen molar-refractivity contribution in [3.05, 3.63) is 29.3 Å². The second-order valence-electron chi connectivity index (χ2n) is 10.8. The molecule has 13 heteroatoms. The first kappa shape index (κ1) is 38.0. The van der Waals surface area contributed by atoms with Gasteiger partial charge in [0.1, 0.15) is 6.04 Å². The van der Waals surface area contributed by atoms with E-state index in [2.05, 4.69) is 27.9 Å². The lowest BCUT2D eigenvalue weighted by Crippen LogP contribution is -2.35. The normalized spacial score (nSPS) is 11.5. The zero-order valence-electron chi connectivity index (χ0n) is 25.2. The van der Waals surface area contributed by atoms with Gasteiger partial charge in [0, 0.05) is 31.7 Å². The minimum atomic E-state index is -2.15. The lowest BCUT2D eigenvalue weighted by atomic mass is 9.79. The van der Waals surface area contributed by atoms with Crippen LogP contribution in [0.5, 0.6) is 0 Å². The van der Waals surface area contributed by atoms with Crippen LogP contribution in [-0.4, -0.2) is 65.9 Å². The summed E-state index contributed by atoms with van der Waals surface area (Å²) in [7, 11) is -2.15. The largest absolute Gasteiger partial charge is 0.491 e. The molecule has 0 aliphatic heterocycles. The molecule has 0 spiro atoms. The number of carboxylic acid groups (broad SMARTS) is 1. The molecule has 2 amide bonds. The summed E-state index contributed by atoms with van der Waals surface area (Å²) in [5.41, 5.74) is 1.39. The van der Waals surface area contributed by atoms with Crippen LogP contribution in [0.25, 0.3) is 0 Å². The quantitative estimate of drug-likeness (QED) is 0.0403. The van der Waals surface area contributed by atoms with Crippen LogP contribution in [-0.2, 0) is 9.59 Å². The molecule has 0 aliphatic carbocycles. The molecule has 1 rings (SSSR count). The number of halogens is 2. The Labute approximate surface area is 254 Å². The summed E-state index contributed by atoms with van der Waals surface area (Å²) in [6.07, 6.45) is 16.4. The first-order valence-corrected chi connectivity index (χ1v) is 15.5. The molecular weight excluding hydrogens is 561 g/mol. The van der Waals surface area contributed by atoms with Crippen molar-refractivity contribution < 1.29 is 38.3 Å². The molecule has 43 heavy (non-hydrogen) atoms. The van der Waals surface area contributed by atoms with Crippen LogP contribution in [0.4, 0.5) is 8.78 Å². The van der Waals surface area contributed by atoms with Gasteiger partial charge < -0.3 is 25.8 Å². The number of nitrogens with one attached hydrogen (secondary N) is 3. The summed E-state index contributed by atoms with van der Waals surface area (Å²) in [5.74, 6) is -4.47. The zero-order chi connectivity index (χ0) is 31.9. The average molecular weight is 611 g/mol. The fourth-order valence-electron chi connectivity index (χ4n) is 4.73. The van der Waals surface area contributed by atoms with Gasteiger partial charge in [0.05, 0.1) is 5.56 Å². The second-order valence-corrected chi connectivity index (χ2v) is 10.8. The Kier molecular flexibility index (Phi) is 20.7. The number of nitrogens with zero attached hydrogens (tertiary/aromatic N) is 1. The highest BCUT2D eigenvalue weighted by atomic mass is 19.2. The summed E-state index contributed by atoms with van der Waals surface area (Å²) in [4.78, 5) is 35.0. The van der Waals surface area contributed by atoms with Crippen molar-refractivity contribution in [2.45, 2.75) is 115 Å². The first-order chi connectivity index (χ1) is 20.7. The molecule has 10 nitrogen and oxygen atoms in total. The fraction of sp³-hybridized carbons (Fsp3) is 0.667. The number of hydrogen-bond donors (Lipinski definition) is 6. The predicted molar refractivity (Wildman–Crippen MR) is 164 cm³/mol. The smallest absolute Gasteiger partial charge is 0.480 e. The molecule has 0 unspecified atom stereocenters.